The van der Waals surface area contributed by atoms with Gasteiger partial charge in [0.15, 0.2) is 0 Å². The second-order valence-electron chi connectivity index (χ2n) is 12.0. The van der Waals surface area contributed by atoms with E-state index in [-0.39, 0.29) is 28.6 Å². The molecule has 7 nitrogen and oxygen atoms in total. The van der Waals surface area contributed by atoms with Gasteiger partial charge < -0.3 is 9.67 Å². The van der Waals surface area contributed by atoms with Gasteiger partial charge in [-0.05, 0) is 74.7 Å². The van der Waals surface area contributed by atoms with Crippen LogP contribution in [0.5, 0.6) is 0 Å². The standard InChI is InChI=1S/C27H37FN4O3S/c1-17-9-18-10-19(30-31-36(34,35)20-5-2-3-6-20)14-27(12-17,13-18)25(33)11-23-26-21(7-4-8-22(26)28)24-15-29-16-32(23)24/h4,7-8,15-20,23,25,30-31,33H,2-3,5-6,9-14H2,1H3. The summed E-state index contributed by atoms with van der Waals surface area (Å²) in [5, 5.41) is 11.5. The van der Waals surface area contributed by atoms with Gasteiger partial charge in [0.1, 0.15) is 5.82 Å². The number of aliphatic hydroxyl groups is 1. The molecule has 2 bridgehead atoms. The van der Waals surface area contributed by atoms with Crippen LogP contribution in [0.3, 0.4) is 0 Å². The van der Waals surface area contributed by atoms with Crippen molar-refractivity contribution in [2.75, 3.05) is 0 Å². The number of benzene rings is 1. The molecule has 0 radical (unpaired) electrons. The number of rotatable bonds is 7. The second kappa shape index (κ2) is 9.19. The van der Waals surface area contributed by atoms with E-state index in [0.29, 0.717) is 30.2 Å². The van der Waals surface area contributed by atoms with Gasteiger partial charge in [0.25, 0.3) is 0 Å². The minimum Gasteiger partial charge on any atom is -0.392 e. The van der Waals surface area contributed by atoms with Crippen molar-refractivity contribution < 1.29 is 17.9 Å². The van der Waals surface area contributed by atoms with E-state index >= 15 is 4.39 Å². The Labute approximate surface area is 212 Å². The molecule has 196 valence electrons. The maximum atomic E-state index is 15.0. The Morgan fingerprint density at radius 2 is 2.03 bits per heavy atom. The number of aromatic nitrogens is 2. The summed E-state index contributed by atoms with van der Waals surface area (Å²) in [4.78, 5) is 7.00. The molecule has 3 fully saturated rings. The molecule has 2 heterocycles. The lowest BCUT2D eigenvalue weighted by atomic mass is 9.55. The molecule has 1 aromatic heterocycles. The van der Waals surface area contributed by atoms with Crippen molar-refractivity contribution in [3.05, 3.63) is 42.1 Å². The van der Waals surface area contributed by atoms with E-state index in [0.717, 1.165) is 62.6 Å². The molecule has 0 amide bonds. The van der Waals surface area contributed by atoms with Crippen LogP contribution in [-0.2, 0) is 10.0 Å². The third-order valence-corrected chi connectivity index (χ3v) is 11.2. The monoisotopic (exact) mass is 516 g/mol. The first-order chi connectivity index (χ1) is 17.3. The zero-order valence-electron chi connectivity index (χ0n) is 20.9. The topological polar surface area (TPSA) is 96.2 Å². The summed E-state index contributed by atoms with van der Waals surface area (Å²) in [6.45, 7) is 2.25. The summed E-state index contributed by atoms with van der Waals surface area (Å²) in [7, 11) is -3.39. The van der Waals surface area contributed by atoms with Crippen LogP contribution in [0, 0.1) is 23.1 Å². The molecular weight excluding hydrogens is 479 g/mol. The van der Waals surface area contributed by atoms with Crippen LogP contribution in [0.2, 0.25) is 0 Å². The van der Waals surface area contributed by atoms with E-state index < -0.39 is 16.1 Å². The quantitative estimate of drug-likeness (QED) is 0.477. The number of nitrogens with zero attached hydrogens (tertiary/aromatic N) is 2. The van der Waals surface area contributed by atoms with E-state index in [1.165, 1.54) is 6.07 Å². The molecule has 1 aliphatic heterocycles. The van der Waals surface area contributed by atoms with E-state index in [9.17, 15) is 13.5 Å². The number of sulfonamides is 1. The van der Waals surface area contributed by atoms with Crippen molar-refractivity contribution in [3.63, 3.8) is 0 Å². The number of hydrogen-bond acceptors (Lipinski definition) is 5. The van der Waals surface area contributed by atoms with Crippen molar-refractivity contribution in [2.24, 2.45) is 17.3 Å². The SMILES string of the molecule is CC1CC2CC(NNS(=O)(=O)C3CCCC3)CC(C(O)CC3c4c(F)cccc4-c4cncn43)(C1)C2. The molecule has 3 N–H and O–H groups in total. The maximum absolute atomic E-state index is 15.0. The van der Waals surface area contributed by atoms with Gasteiger partial charge in [0.05, 0.1) is 35.6 Å². The van der Waals surface area contributed by atoms with Gasteiger partial charge in [0, 0.05) is 17.2 Å². The van der Waals surface area contributed by atoms with Crippen molar-refractivity contribution in [2.45, 2.75) is 94.6 Å². The average Bonchev–Trinajstić information content (AvgIpc) is 3.57. The van der Waals surface area contributed by atoms with Crippen LogP contribution in [-0.4, -0.2) is 40.5 Å². The highest BCUT2D eigenvalue weighted by Crippen LogP contribution is 2.55. The minimum absolute atomic E-state index is 0.0292. The summed E-state index contributed by atoms with van der Waals surface area (Å²) in [5.74, 6) is 0.679. The molecular formula is C27H37FN4O3S. The fourth-order valence-corrected chi connectivity index (χ4v) is 9.52. The summed E-state index contributed by atoms with van der Waals surface area (Å²) in [5.41, 5.74) is 5.22. The highest BCUT2D eigenvalue weighted by atomic mass is 32.2. The highest BCUT2D eigenvalue weighted by molar-refractivity contribution is 7.90. The van der Waals surface area contributed by atoms with Crippen molar-refractivity contribution >= 4 is 10.0 Å². The first-order valence-electron chi connectivity index (χ1n) is 13.5. The Bertz CT molecular complexity index is 1220. The second-order valence-corrected chi connectivity index (χ2v) is 13.9. The first kappa shape index (κ1) is 24.5. The number of fused-ring (bicyclic) bond motifs is 5. The Kier molecular flexibility index (Phi) is 6.26. The van der Waals surface area contributed by atoms with E-state index in [2.05, 4.69) is 22.2 Å². The van der Waals surface area contributed by atoms with Gasteiger partial charge in [-0.15, -0.1) is 0 Å². The van der Waals surface area contributed by atoms with E-state index in [1.807, 2.05) is 10.6 Å². The zero-order chi connectivity index (χ0) is 25.1. The molecule has 6 unspecified atom stereocenters. The molecule has 9 heteroatoms. The normalized spacial score (nSPS) is 32.9. The zero-order valence-corrected chi connectivity index (χ0v) is 21.7. The Balaban J connectivity index is 1.22. The van der Waals surface area contributed by atoms with Crippen LogP contribution in [0.4, 0.5) is 4.39 Å². The fourth-order valence-electron chi connectivity index (χ4n) is 8.07. The predicted octanol–water partition coefficient (Wildman–Crippen LogP) is 4.29. The van der Waals surface area contributed by atoms with Crippen molar-refractivity contribution in [1.82, 2.24) is 19.8 Å². The fraction of sp³-hybridized carbons (Fsp3) is 0.667. The largest absolute Gasteiger partial charge is 0.392 e. The van der Waals surface area contributed by atoms with Crippen LogP contribution >= 0.6 is 0 Å². The van der Waals surface area contributed by atoms with Crippen LogP contribution in [0.1, 0.15) is 82.7 Å². The number of halogens is 1. The Hall–Kier alpha value is -1.81. The lowest BCUT2D eigenvalue weighted by Gasteiger charge is -2.53. The molecule has 36 heavy (non-hydrogen) atoms. The Morgan fingerprint density at radius 1 is 1.22 bits per heavy atom. The van der Waals surface area contributed by atoms with Crippen LogP contribution in [0.15, 0.2) is 30.7 Å². The average molecular weight is 517 g/mol. The van der Waals surface area contributed by atoms with E-state index in [4.69, 9.17) is 0 Å². The molecule has 3 aliphatic carbocycles. The number of imidazole rings is 1. The summed E-state index contributed by atoms with van der Waals surface area (Å²) in [6.07, 6.45) is 11.2. The molecule has 3 saturated carbocycles. The van der Waals surface area contributed by atoms with Gasteiger partial charge in [0.2, 0.25) is 10.0 Å². The number of hydrazine groups is 1. The number of nitrogens with one attached hydrogen (secondary N) is 2. The first-order valence-corrected chi connectivity index (χ1v) is 15.1. The van der Waals surface area contributed by atoms with Gasteiger partial charge in [-0.3, -0.25) is 0 Å². The lowest BCUT2D eigenvalue weighted by Crippen LogP contribution is -2.56. The molecule has 6 rings (SSSR count). The van der Waals surface area contributed by atoms with Crippen molar-refractivity contribution in [1.29, 1.82) is 0 Å². The van der Waals surface area contributed by atoms with E-state index in [1.54, 1.807) is 18.6 Å². The van der Waals surface area contributed by atoms with Crippen LogP contribution in [0.25, 0.3) is 11.3 Å². The Morgan fingerprint density at radius 3 is 2.83 bits per heavy atom. The molecule has 0 spiro atoms. The van der Waals surface area contributed by atoms with Gasteiger partial charge >= 0.3 is 0 Å². The lowest BCUT2D eigenvalue weighted by molar-refractivity contribution is -0.0790. The summed E-state index contributed by atoms with van der Waals surface area (Å²) < 4.78 is 42.6. The highest BCUT2D eigenvalue weighted by Gasteiger charge is 2.50. The van der Waals surface area contributed by atoms with Gasteiger partial charge in [-0.25, -0.2) is 23.2 Å². The predicted molar refractivity (Wildman–Crippen MR) is 136 cm³/mol. The van der Waals surface area contributed by atoms with Crippen molar-refractivity contribution in [3.8, 4) is 11.3 Å². The molecule has 0 saturated heterocycles. The molecule has 6 atom stereocenters. The number of hydrogen-bond donors (Lipinski definition) is 3. The number of aliphatic hydroxyl groups excluding tert-OH is 1. The minimum atomic E-state index is -3.39. The third kappa shape index (κ3) is 4.22. The third-order valence-electron chi connectivity index (χ3n) is 9.42. The van der Waals surface area contributed by atoms with Gasteiger partial charge in [-0.2, -0.15) is 4.83 Å². The van der Waals surface area contributed by atoms with Gasteiger partial charge in [-0.1, -0.05) is 31.9 Å². The summed E-state index contributed by atoms with van der Waals surface area (Å²) >= 11 is 0. The summed E-state index contributed by atoms with van der Waals surface area (Å²) in [6, 6.07) is 4.81. The molecule has 2 aromatic rings. The smallest absolute Gasteiger partial charge is 0.227 e. The molecule has 1 aromatic carbocycles. The maximum Gasteiger partial charge on any atom is 0.227 e. The van der Waals surface area contributed by atoms with Crippen LogP contribution < -0.4 is 10.3 Å². The molecule has 4 aliphatic rings.